The Bertz CT molecular complexity index is 680. The van der Waals surface area contributed by atoms with Crippen LogP contribution in [-0.2, 0) is 0 Å². The molecule has 98 valence electrons. The maximum absolute atomic E-state index is 11.3. The Morgan fingerprint density at radius 2 is 1.89 bits per heavy atom. The molecule has 0 N–H and O–H groups in total. The van der Waals surface area contributed by atoms with E-state index in [0.29, 0.717) is 5.56 Å². The standard InChI is InChI=1S/C12H8Cl2N2O3/c1-7(17)15-5-9(11(14)6-15)8-3-2-4-10(13)12(8)16(18)19/h2-6H,1H3. The molecule has 0 atom stereocenters. The van der Waals surface area contributed by atoms with Gasteiger partial charge in [0.25, 0.3) is 5.69 Å². The highest BCUT2D eigenvalue weighted by Gasteiger charge is 2.22. The second-order valence-corrected chi connectivity index (χ2v) is 4.65. The summed E-state index contributed by atoms with van der Waals surface area (Å²) in [5.74, 6) is -0.238. The van der Waals surface area contributed by atoms with Crippen molar-refractivity contribution in [2.45, 2.75) is 6.92 Å². The highest BCUT2D eigenvalue weighted by Crippen LogP contribution is 2.39. The zero-order chi connectivity index (χ0) is 14.2. The molecule has 7 heteroatoms. The molecular formula is C12H8Cl2N2O3. The first-order valence-electron chi connectivity index (χ1n) is 5.23. The zero-order valence-corrected chi connectivity index (χ0v) is 11.3. The van der Waals surface area contributed by atoms with Crippen molar-refractivity contribution in [2.75, 3.05) is 0 Å². The molecule has 2 aromatic rings. The lowest BCUT2D eigenvalue weighted by molar-refractivity contribution is -0.384. The summed E-state index contributed by atoms with van der Waals surface area (Å²) in [6.45, 7) is 1.37. The van der Waals surface area contributed by atoms with Gasteiger partial charge < -0.3 is 0 Å². The number of carbonyl (C=O) groups excluding carboxylic acids is 1. The summed E-state index contributed by atoms with van der Waals surface area (Å²) in [6.07, 6.45) is 2.85. The molecule has 0 amide bonds. The number of para-hydroxylation sites is 1. The van der Waals surface area contributed by atoms with Crippen LogP contribution in [0.5, 0.6) is 0 Å². The van der Waals surface area contributed by atoms with Crippen molar-refractivity contribution in [1.29, 1.82) is 0 Å². The van der Waals surface area contributed by atoms with Crippen LogP contribution in [-0.4, -0.2) is 15.4 Å². The SMILES string of the molecule is CC(=O)n1cc(Cl)c(-c2cccc(Cl)c2[N+](=O)[O-])c1. The maximum Gasteiger partial charge on any atom is 0.295 e. The number of benzene rings is 1. The average Bonchev–Trinajstić information content (AvgIpc) is 2.70. The van der Waals surface area contributed by atoms with Gasteiger partial charge in [-0.1, -0.05) is 29.3 Å². The molecule has 0 unspecified atom stereocenters. The number of nitrogens with zero attached hydrogens (tertiary/aromatic N) is 2. The third kappa shape index (κ3) is 2.47. The number of nitro groups is 1. The smallest absolute Gasteiger partial charge is 0.293 e. The van der Waals surface area contributed by atoms with Crippen LogP contribution in [0.4, 0.5) is 5.69 Å². The number of halogens is 2. The van der Waals surface area contributed by atoms with E-state index >= 15 is 0 Å². The van der Waals surface area contributed by atoms with E-state index in [-0.39, 0.29) is 27.2 Å². The fourth-order valence-corrected chi connectivity index (χ4v) is 2.23. The first-order chi connectivity index (χ1) is 8.91. The van der Waals surface area contributed by atoms with Crippen molar-refractivity contribution in [3.05, 3.63) is 50.8 Å². The molecule has 0 aliphatic heterocycles. The molecule has 1 aromatic carbocycles. The van der Waals surface area contributed by atoms with Crippen LogP contribution in [0.1, 0.15) is 11.7 Å². The lowest BCUT2D eigenvalue weighted by atomic mass is 10.1. The van der Waals surface area contributed by atoms with E-state index in [1.54, 1.807) is 6.07 Å². The molecule has 5 nitrogen and oxygen atoms in total. The van der Waals surface area contributed by atoms with Crippen LogP contribution in [0.2, 0.25) is 10.0 Å². The normalized spacial score (nSPS) is 10.5. The van der Waals surface area contributed by atoms with E-state index in [1.165, 1.54) is 36.0 Å². The minimum absolute atomic E-state index is 0.0224. The van der Waals surface area contributed by atoms with E-state index < -0.39 is 4.92 Å². The summed E-state index contributed by atoms with van der Waals surface area (Å²) in [4.78, 5) is 21.8. The van der Waals surface area contributed by atoms with Crippen LogP contribution in [0.3, 0.4) is 0 Å². The molecule has 0 fully saturated rings. The largest absolute Gasteiger partial charge is 0.295 e. The molecule has 0 bridgehead atoms. The van der Waals surface area contributed by atoms with E-state index in [0.717, 1.165) is 0 Å². The van der Waals surface area contributed by atoms with Crippen molar-refractivity contribution in [2.24, 2.45) is 0 Å². The Kier molecular flexibility index (Phi) is 3.59. The van der Waals surface area contributed by atoms with Gasteiger partial charge in [0.05, 0.1) is 15.5 Å². The lowest BCUT2D eigenvalue weighted by Crippen LogP contribution is -2.01. The summed E-state index contributed by atoms with van der Waals surface area (Å²) < 4.78 is 1.27. The first kappa shape index (κ1) is 13.6. The number of aromatic nitrogens is 1. The highest BCUT2D eigenvalue weighted by molar-refractivity contribution is 6.35. The molecule has 0 spiro atoms. The number of nitro benzene ring substituents is 1. The van der Waals surface area contributed by atoms with Gasteiger partial charge in [0.2, 0.25) is 5.91 Å². The summed E-state index contributed by atoms with van der Waals surface area (Å²) >= 11 is 11.9. The van der Waals surface area contributed by atoms with Crippen molar-refractivity contribution >= 4 is 34.8 Å². The second-order valence-electron chi connectivity index (χ2n) is 3.84. The fraction of sp³-hybridized carbons (Fsp3) is 0.0833. The van der Waals surface area contributed by atoms with Gasteiger partial charge in [0.15, 0.2) is 0 Å². The fourth-order valence-electron chi connectivity index (χ4n) is 1.73. The Morgan fingerprint density at radius 3 is 2.42 bits per heavy atom. The van der Waals surface area contributed by atoms with Gasteiger partial charge in [-0.3, -0.25) is 19.5 Å². The van der Waals surface area contributed by atoms with E-state index in [9.17, 15) is 14.9 Å². The number of hydrogen-bond donors (Lipinski definition) is 0. The monoisotopic (exact) mass is 298 g/mol. The molecule has 1 aromatic heterocycles. The minimum atomic E-state index is -0.570. The van der Waals surface area contributed by atoms with Crippen molar-refractivity contribution in [3.8, 4) is 11.1 Å². The zero-order valence-electron chi connectivity index (χ0n) is 9.76. The lowest BCUT2D eigenvalue weighted by Gasteiger charge is -2.02. The Labute approximate surface area is 118 Å². The topological polar surface area (TPSA) is 65.1 Å². The second kappa shape index (κ2) is 5.03. The summed E-state index contributed by atoms with van der Waals surface area (Å²) in [5.41, 5.74) is 0.445. The van der Waals surface area contributed by atoms with Crippen LogP contribution >= 0.6 is 23.2 Å². The van der Waals surface area contributed by atoms with Gasteiger partial charge in [0.1, 0.15) is 5.02 Å². The number of carbonyl (C=O) groups is 1. The molecule has 0 aliphatic rings. The predicted octanol–water partition coefficient (Wildman–Crippen LogP) is 4.03. The van der Waals surface area contributed by atoms with Gasteiger partial charge in [-0.2, -0.15) is 0 Å². The molecule has 0 saturated heterocycles. The minimum Gasteiger partial charge on any atom is -0.293 e. The van der Waals surface area contributed by atoms with Crippen LogP contribution in [0.25, 0.3) is 11.1 Å². The molecule has 0 radical (unpaired) electrons. The first-order valence-corrected chi connectivity index (χ1v) is 5.99. The van der Waals surface area contributed by atoms with Crippen LogP contribution in [0, 0.1) is 10.1 Å². The third-order valence-electron chi connectivity index (χ3n) is 2.60. The van der Waals surface area contributed by atoms with Gasteiger partial charge in [-0.25, -0.2) is 0 Å². The van der Waals surface area contributed by atoms with Gasteiger partial charge in [0, 0.05) is 24.9 Å². The molecule has 0 saturated carbocycles. The molecule has 0 aliphatic carbocycles. The molecular weight excluding hydrogens is 291 g/mol. The quantitative estimate of drug-likeness (QED) is 0.621. The highest BCUT2D eigenvalue weighted by atomic mass is 35.5. The van der Waals surface area contributed by atoms with Gasteiger partial charge in [-0.15, -0.1) is 0 Å². The average molecular weight is 299 g/mol. The predicted molar refractivity (Wildman–Crippen MR) is 72.8 cm³/mol. The summed E-state index contributed by atoms with van der Waals surface area (Å²) in [6, 6.07) is 4.56. The van der Waals surface area contributed by atoms with E-state index in [2.05, 4.69) is 0 Å². The van der Waals surface area contributed by atoms with Crippen molar-refractivity contribution in [3.63, 3.8) is 0 Å². The maximum atomic E-state index is 11.3. The van der Waals surface area contributed by atoms with Gasteiger partial charge in [-0.05, 0) is 12.1 Å². The van der Waals surface area contributed by atoms with Gasteiger partial charge >= 0.3 is 0 Å². The Hall–Kier alpha value is -1.85. The third-order valence-corrected chi connectivity index (χ3v) is 3.21. The number of hydrogen-bond acceptors (Lipinski definition) is 3. The number of rotatable bonds is 2. The van der Waals surface area contributed by atoms with Crippen molar-refractivity contribution < 1.29 is 9.72 Å². The van der Waals surface area contributed by atoms with Crippen LogP contribution in [0.15, 0.2) is 30.6 Å². The molecule has 19 heavy (non-hydrogen) atoms. The van der Waals surface area contributed by atoms with E-state index in [4.69, 9.17) is 23.2 Å². The molecule has 1 heterocycles. The van der Waals surface area contributed by atoms with Crippen molar-refractivity contribution in [1.82, 2.24) is 4.57 Å². The molecule has 2 rings (SSSR count). The summed E-state index contributed by atoms with van der Waals surface area (Å²) in [5, 5.41) is 11.3. The van der Waals surface area contributed by atoms with E-state index in [1.807, 2.05) is 0 Å². The van der Waals surface area contributed by atoms with Crippen LogP contribution < -0.4 is 0 Å². The Balaban J connectivity index is 2.69. The summed E-state index contributed by atoms with van der Waals surface area (Å²) in [7, 11) is 0. The Morgan fingerprint density at radius 1 is 1.21 bits per heavy atom.